The summed E-state index contributed by atoms with van der Waals surface area (Å²) in [5.74, 6) is -1.17. The van der Waals surface area contributed by atoms with Crippen molar-refractivity contribution in [1.82, 2.24) is 19.4 Å². The molecule has 0 spiro atoms. The summed E-state index contributed by atoms with van der Waals surface area (Å²) in [5.41, 5.74) is -0.0995. The Bertz CT molecular complexity index is 684. The zero-order valence-corrected chi connectivity index (χ0v) is 11.4. The van der Waals surface area contributed by atoms with Crippen molar-refractivity contribution in [3.05, 3.63) is 27.9 Å². The maximum atomic E-state index is 13.0. The number of alkyl halides is 3. The molecular weight excluding hydrogens is 273 g/mol. The van der Waals surface area contributed by atoms with Gasteiger partial charge >= 0.3 is 6.18 Å². The first-order valence-electron chi connectivity index (χ1n) is 6.02. The van der Waals surface area contributed by atoms with Crippen LogP contribution in [0.1, 0.15) is 11.5 Å². The number of rotatable bonds is 3. The molecule has 0 aromatic carbocycles. The average Bonchev–Trinajstić information content (AvgIpc) is 2.67. The maximum absolute atomic E-state index is 13.0. The van der Waals surface area contributed by atoms with Crippen LogP contribution < -0.4 is 5.56 Å². The molecule has 2 aromatic heterocycles. The molecule has 110 valence electrons. The lowest BCUT2D eigenvalue weighted by atomic mass is 10.3. The molecule has 0 saturated carbocycles. The fourth-order valence-corrected chi connectivity index (χ4v) is 1.96. The van der Waals surface area contributed by atoms with Gasteiger partial charge in [0.25, 0.3) is 5.56 Å². The summed E-state index contributed by atoms with van der Waals surface area (Å²) in [7, 11) is 3.45. The van der Waals surface area contributed by atoms with Crippen molar-refractivity contribution in [2.75, 3.05) is 20.6 Å². The molecule has 0 aliphatic carbocycles. The van der Waals surface area contributed by atoms with Crippen LogP contribution in [0.4, 0.5) is 13.2 Å². The van der Waals surface area contributed by atoms with Gasteiger partial charge in [0.2, 0.25) is 5.82 Å². The summed E-state index contributed by atoms with van der Waals surface area (Å²) in [6.45, 7) is 1.92. The number of hydrogen-bond donors (Lipinski definition) is 1. The van der Waals surface area contributed by atoms with Gasteiger partial charge in [0.15, 0.2) is 0 Å². The van der Waals surface area contributed by atoms with Crippen molar-refractivity contribution in [3.63, 3.8) is 0 Å². The van der Waals surface area contributed by atoms with E-state index in [2.05, 4.69) is 9.97 Å². The lowest BCUT2D eigenvalue weighted by Crippen LogP contribution is -2.33. The van der Waals surface area contributed by atoms with Gasteiger partial charge in [-0.2, -0.15) is 13.2 Å². The molecule has 2 heterocycles. The molecule has 0 fully saturated rings. The number of aryl methyl sites for hydroxylation is 1. The Labute approximate surface area is 113 Å². The largest absolute Gasteiger partial charge is 0.449 e. The van der Waals surface area contributed by atoms with Crippen LogP contribution in [0, 0.1) is 6.92 Å². The summed E-state index contributed by atoms with van der Waals surface area (Å²) < 4.78 is 39.8. The van der Waals surface area contributed by atoms with E-state index in [-0.39, 0.29) is 17.6 Å². The standard InChI is InChI=1S/C12H15F3N4O/c1-7-6-8-9(16-7)17-11(12(13,14)15)19(10(8)20)5-4-18(2)3/h6,16H,4-5H2,1-3H3. The van der Waals surface area contributed by atoms with Crippen LogP contribution in [0.25, 0.3) is 11.0 Å². The number of likely N-dealkylation sites (N-methyl/N-ethyl adjacent to an activating group) is 1. The van der Waals surface area contributed by atoms with Crippen LogP contribution in [0.15, 0.2) is 10.9 Å². The van der Waals surface area contributed by atoms with Gasteiger partial charge in [-0.15, -0.1) is 0 Å². The van der Waals surface area contributed by atoms with Crippen LogP contribution >= 0.6 is 0 Å². The molecule has 0 bridgehead atoms. The van der Waals surface area contributed by atoms with Crippen molar-refractivity contribution >= 4 is 11.0 Å². The first-order valence-corrected chi connectivity index (χ1v) is 6.02. The van der Waals surface area contributed by atoms with Crippen LogP contribution in [-0.4, -0.2) is 40.1 Å². The number of nitrogens with one attached hydrogen (secondary N) is 1. The second-order valence-corrected chi connectivity index (χ2v) is 4.91. The van der Waals surface area contributed by atoms with E-state index in [4.69, 9.17) is 0 Å². The minimum absolute atomic E-state index is 0.0269. The molecule has 5 nitrogen and oxygen atoms in total. The van der Waals surface area contributed by atoms with E-state index in [1.165, 1.54) is 6.07 Å². The highest BCUT2D eigenvalue weighted by Gasteiger charge is 2.37. The summed E-state index contributed by atoms with van der Waals surface area (Å²) in [4.78, 5) is 20.2. The monoisotopic (exact) mass is 288 g/mol. The number of aromatic amines is 1. The topological polar surface area (TPSA) is 53.9 Å². The number of H-pyrrole nitrogens is 1. The van der Waals surface area contributed by atoms with Gasteiger partial charge in [-0.1, -0.05) is 0 Å². The molecule has 0 unspecified atom stereocenters. The fraction of sp³-hybridized carbons (Fsp3) is 0.500. The highest BCUT2D eigenvalue weighted by Crippen LogP contribution is 2.27. The van der Waals surface area contributed by atoms with Crippen LogP contribution in [-0.2, 0) is 12.7 Å². The zero-order valence-electron chi connectivity index (χ0n) is 11.4. The van der Waals surface area contributed by atoms with Crippen LogP contribution in [0.3, 0.4) is 0 Å². The van der Waals surface area contributed by atoms with Crippen LogP contribution in [0.2, 0.25) is 0 Å². The lowest BCUT2D eigenvalue weighted by Gasteiger charge is -2.16. The molecule has 0 aliphatic heterocycles. The van der Waals surface area contributed by atoms with Gasteiger partial charge in [-0.05, 0) is 27.1 Å². The van der Waals surface area contributed by atoms with Crippen molar-refractivity contribution in [1.29, 1.82) is 0 Å². The lowest BCUT2D eigenvalue weighted by molar-refractivity contribution is -0.148. The Kier molecular flexibility index (Phi) is 3.59. The van der Waals surface area contributed by atoms with Gasteiger partial charge in [0, 0.05) is 18.8 Å². The molecule has 8 heteroatoms. The van der Waals surface area contributed by atoms with Crippen molar-refractivity contribution < 1.29 is 13.2 Å². The Hall–Kier alpha value is -1.83. The van der Waals surface area contributed by atoms with E-state index in [1.54, 1.807) is 25.9 Å². The smallest absolute Gasteiger partial charge is 0.343 e. The first-order chi connectivity index (χ1) is 9.20. The zero-order chi connectivity index (χ0) is 15.1. The Morgan fingerprint density at radius 2 is 2.05 bits per heavy atom. The SMILES string of the molecule is Cc1cc2c(=O)n(CCN(C)C)c(C(F)(F)F)nc2[nH]1. The van der Waals surface area contributed by atoms with Crippen LogP contribution in [0.5, 0.6) is 0 Å². The number of halogens is 3. The van der Waals surface area contributed by atoms with E-state index in [9.17, 15) is 18.0 Å². The molecule has 0 atom stereocenters. The third-order valence-corrected chi connectivity index (χ3v) is 2.90. The number of nitrogens with zero attached hydrogens (tertiary/aromatic N) is 3. The highest BCUT2D eigenvalue weighted by molar-refractivity contribution is 5.75. The molecule has 20 heavy (non-hydrogen) atoms. The van der Waals surface area contributed by atoms with Gasteiger partial charge in [0.05, 0.1) is 5.39 Å². The molecule has 0 saturated heterocycles. The van der Waals surface area contributed by atoms with Crippen molar-refractivity contribution in [3.8, 4) is 0 Å². The highest BCUT2D eigenvalue weighted by atomic mass is 19.4. The molecule has 0 amide bonds. The summed E-state index contributed by atoms with van der Waals surface area (Å²) in [6.07, 6.45) is -4.67. The van der Waals surface area contributed by atoms with Gasteiger partial charge in [0.1, 0.15) is 5.65 Å². The second-order valence-electron chi connectivity index (χ2n) is 4.91. The van der Waals surface area contributed by atoms with Gasteiger partial charge < -0.3 is 9.88 Å². The normalized spacial score (nSPS) is 12.6. The fourth-order valence-electron chi connectivity index (χ4n) is 1.96. The maximum Gasteiger partial charge on any atom is 0.449 e. The van der Waals surface area contributed by atoms with E-state index in [0.29, 0.717) is 16.8 Å². The number of aromatic nitrogens is 3. The molecule has 0 radical (unpaired) electrons. The average molecular weight is 288 g/mol. The third kappa shape index (κ3) is 2.69. The van der Waals surface area contributed by atoms with E-state index in [1.807, 2.05) is 0 Å². The van der Waals surface area contributed by atoms with E-state index >= 15 is 0 Å². The number of fused-ring (bicyclic) bond motifs is 1. The summed E-state index contributed by atoms with van der Waals surface area (Å²) in [5, 5.41) is 0.175. The minimum atomic E-state index is -4.67. The molecular formula is C12H15F3N4O. The Morgan fingerprint density at radius 1 is 1.40 bits per heavy atom. The first kappa shape index (κ1) is 14.6. The molecule has 2 aromatic rings. The summed E-state index contributed by atoms with van der Waals surface area (Å²) >= 11 is 0. The molecule has 0 aliphatic rings. The predicted octanol–water partition coefficient (Wildman–Crippen LogP) is 1.61. The van der Waals surface area contributed by atoms with Crippen molar-refractivity contribution in [2.24, 2.45) is 0 Å². The van der Waals surface area contributed by atoms with E-state index < -0.39 is 17.6 Å². The predicted molar refractivity (Wildman–Crippen MR) is 68.6 cm³/mol. The molecule has 2 rings (SSSR count). The quantitative estimate of drug-likeness (QED) is 0.933. The Balaban J connectivity index is 2.67. The van der Waals surface area contributed by atoms with Gasteiger partial charge in [-0.3, -0.25) is 9.36 Å². The summed E-state index contributed by atoms with van der Waals surface area (Å²) in [6, 6.07) is 1.51. The third-order valence-electron chi connectivity index (χ3n) is 2.90. The second kappa shape index (κ2) is 4.93. The molecule has 1 N–H and O–H groups in total. The van der Waals surface area contributed by atoms with Crippen molar-refractivity contribution in [2.45, 2.75) is 19.6 Å². The Morgan fingerprint density at radius 3 is 2.60 bits per heavy atom. The minimum Gasteiger partial charge on any atom is -0.343 e. The van der Waals surface area contributed by atoms with Gasteiger partial charge in [-0.25, -0.2) is 4.98 Å². The van der Waals surface area contributed by atoms with E-state index in [0.717, 1.165) is 0 Å². The number of hydrogen-bond acceptors (Lipinski definition) is 3.